The molecule has 0 aliphatic carbocycles. The van der Waals surface area contributed by atoms with Crippen LogP contribution in [0.15, 0.2) is 46.1 Å². The molecular formula is C21H25N3O4S. The monoisotopic (exact) mass is 415 g/mol. The second-order valence-corrected chi connectivity index (χ2v) is 9.31. The number of anilines is 1. The van der Waals surface area contributed by atoms with Gasteiger partial charge in [0.1, 0.15) is 0 Å². The number of sulfone groups is 1. The normalized spacial score (nSPS) is 11.7. The first-order valence-electron chi connectivity index (χ1n) is 9.46. The molecule has 0 unspecified atom stereocenters. The number of amides is 1. The van der Waals surface area contributed by atoms with E-state index < -0.39 is 15.7 Å². The summed E-state index contributed by atoms with van der Waals surface area (Å²) in [7, 11) is -0.431. The summed E-state index contributed by atoms with van der Waals surface area (Å²) in [4.78, 5) is 25.1. The van der Waals surface area contributed by atoms with Gasteiger partial charge in [0.05, 0.1) is 27.4 Å². The van der Waals surface area contributed by atoms with Gasteiger partial charge in [0, 0.05) is 19.7 Å². The number of fused-ring (bicyclic) bond motifs is 1. The minimum absolute atomic E-state index is 0.0246. The van der Waals surface area contributed by atoms with Gasteiger partial charge in [-0.25, -0.2) is 13.2 Å². The highest BCUT2D eigenvalue weighted by molar-refractivity contribution is 7.91. The van der Waals surface area contributed by atoms with Crippen molar-refractivity contribution in [2.24, 2.45) is 14.1 Å². The van der Waals surface area contributed by atoms with Crippen LogP contribution < -0.4 is 11.0 Å². The molecule has 29 heavy (non-hydrogen) atoms. The lowest BCUT2D eigenvalue weighted by Gasteiger charge is -2.13. The third-order valence-corrected chi connectivity index (χ3v) is 6.87. The third kappa shape index (κ3) is 3.98. The summed E-state index contributed by atoms with van der Waals surface area (Å²) in [6, 6.07) is 10.0. The van der Waals surface area contributed by atoms with Gasteiger partial charge < -0.3 is 5.32 Å². The maximum Gasteiger partial charge on any atom is 0.328 e. The van der Waals surface area contributed by atoms with Gasteiger partial charge in [-0.3, -0.25) is 13.9 Å². The van der Waals surface area contributed by atoms with E-state index in [0.717, 1.165) is 12.0 Å². The van der Waals surface area contributed by atoms with Gasteiger partial charge in [-0.1, -0.05) is 31.0 Å². The number of benzene rings is 2. The van der Waals surface area contributed by atoms with Crippen molar-refractivity contribution < 1.29 is 13.2 Å². The zero-order chi connectivity index (χ0) is 21.3. The van der Waals surface area contributed by atoms with Crippen molar-refractivity contribution in [2.75, 3.05) is 11.1 Å². The number of aryl methyl sites for hydroxylation is 3. The van der Waals surface area contributed by atoms with Crippen molar-refractivity contribution in [3.05, 3.63) is 58.0 Å². The summed E-state index contributed by atoms with van der Waals surface area (Å²) < 4.78 is 28.8. The number of carbonyl (C=O) groups is 1. The van der Waals surface area contributed by atoms with E-state index in [0.29, 0.717) is 23.0 Å². The number of aromatic nitrogens is 2. The van der Waals surface area contributed by atoms with Crippen molar-refractivity contribution in [1.82, 2.24) is 9.13 Å². The predicted octanol–water partition coefficient (Wildman–Crippen LogP) is 3.01. The highest BCUT2D eigenvalue weighted by Gasteiger charge is 2.23. The van der Waals surface area contributed by atoms with Crippen LogP contribution in [0.4, 0.5) is 5.69 Å². The van der Waals surface area contributed by atoms with Crippen molar-refractivity contribution >= 4 is 32.5 Å². The van der Waals surface area contributed by atoms with E-state index in [4.69, 9.17) is 0 Å². The van der Waals surface area contributed by atoms with Gasteiger partial charge in [0.25, 0.3) is 5.91 Å². The van der Waals surface area contributed by atoms with Crippen LogP contribution in [0.2, 0.25) is 0 Å². The Hall–Kier alpha value is -2.87. The Morgan fingerprint density at radius 3 is 2.21 bits per heavy atom. The SMILES string of the molecule is CCCCS(=O)(=O)c1cc2c(cc1NC(=O)c1ccc(C)cc1)n(C)c(=O)n2C. The summed E-state index contributed by atoms with van der Waals surface area (Å²) in [5.41, 5.74) is 2.41. The average Bonchev–Trinajstić information content (AvgIpc) is 2.90. The zero-order valence-corrected chi connectivity index (χ0v) is 17.8. The number of unbranched alkanes of at least 4 members (excludes halogenated alkanes) is 1. The minimum Gasteiger partial charge on any atom is -0.321 e. The molecule has 1 aromatic heterocycles. The maximum atomic E-state index is 13.0. The Morgan fingerprint density at radius 1 is 1.03 bits per heavy atom. The van der Waals surface area contributed by atoms with Crippen LogP contribution in [0, 0.1) is 6.92 Å². The molecule has 0 bridgehead atoms. The molecule has 0 aliphatic heterocycles. The molecule has 0 saturated heterocycles. The molecule has 0 atom stereocenters. The number of hydrogen-bond acceptors (Lipinski definition) is 4. The second-order valence-electron chi connectivity index (χ2n) is 7.23. The van der Waals surface area contributed by atoms with Gasteiger partial charge in [0.15, 0.2) is 9.84 Å². The summed E-state index contributed by atoms with van der Waals surface area (Å²) >= 11 is 0. The molecule has 3 rings (SSSR count). The van der Waals surface area contributed by atoms with E-state index in [2.05, 4.69) is 5.32 Å². The Morgan fingerprint density at radius 2 is 1.62 bits per heavy atom. The molecule has 1 N–H and O–H groups in total. The lowest BCUT2D eigenvalue weighted by atomic mass is 10.1. The Labute approximate surface area is 169 Å². The number of carbonyl (C=O) groups excluding carboxylic acids is 1. The fraction of sp³-hybridized carbons (Fsp3) is 0.333. The molecule has 7 nitrogen and oxygen atoms in total. The first kappa shape index (κ1) is 20.9. The molecule has 0 aliphatic rings. The summed E-state index contributed by atoms with van der Waals surface area (Å²) in [6.45, 7) is 3.84. The average molecular weight is 416 g/mol. The van der Waals surface area contributed by atoms with E-state index in [1.807, 2.05) is 26.0 Å². The van der Waals surface area contributed by atoms with Crippen LogP contribution in [0.3, 0.4) is 0 Å². The van der Waals surface area contributed by atoms with Gasteiger partial charge >= 0.3 is 5.69 Å². The van der Waals surface area contributed by atoms with E-state index in [-0.39, 0.29) is 22.0 Å². The molecule has 0 fully saturated rings. The molecular weight excluding hydrogens is 390 g/mol. The van der Waals surface area contributed by atoms with E-state index in [9.17, 15) is 18.0 Å². The van der Waals surface area contributed by atoms with E-state index in [1.165, 1.54) is 15.2 Å². The minimum atomic E-state index is -3.64. The topological polar surface area (TPSA) is 90.2 Å². The molecule has 8 heteroatoms. The van der Waals surface area contributed by atoms with Crippen LogP contribution in [-0.2, 0) is 23.9 Å². The Bertz CT molecular complexity index is 1240. The quantitative estimate of drug-likeness (QED) is 0.670. The van der Waals surface area contributed by atoms with Crippen molar-refractivity contribution in [1.29, 1.82) is 0 Å². The molecule has 1 amide bonds. The largest absolute Gasteiger partial charge is 0.328 e. The maximum absolute atomic E-state index is 13.0. The first-order valence-corrected chi connectivity index (χ1v) is 11.1. The molecule has 3 aromatic rings. The molecule has 0 spiro atoms. The van der Waals surface area contributed by atoms with Crippen LogP contribution in [0.5, 0.6) is 0 Å². The lowest BCUT2D eigenvalue weighted by molar-refractivity contribution is 0.102. The molecule has 0 radical (unpaired) electrons. The molecule has 154 valence electrons. The standard InChI is InChI=1S/C21H25N3O4S/c1-5-6-11-29(27,28)19-13-18-17(23(3)21(26)24(18)4)12-16(19)22-20(25)15-9-7-14(2)8-10-15/h7-10,12-13H,5-6,11H2,1-4H3,(H,22,25). The van der Waals surface area contributed by atoms with Crippen molar-refractivity contribution in [3.8, 4) is 0 Å². The Kier molecular flexibility index (Phi) is 5.66. The van der Waals surface area contributed by atoms with Crippen molar-refractivity contribution in [2.45, 2.75) is 31.6 Å². The number of nitrogens with one attached hydrogen (secondary N) is 1. The summed E-state index contributed by atoms with van der Waals surface area (Å²) in [6.07, 6.45) is 1.25. The number of imidazole rings is 1. The first-order chi connectivity index (χ1) is 13.7. The van der Waals surface area contributed by atoms with Gasteiger partial charge in [-0.2, -0.15) is 0 Å². The fourth-order valence-corrected chi connectivity index (χ4v) is 4.85. The molecule has 1 heterocycles. The number of hydrogen-bond donors (Lipinski definition) is 1. The van der Waals surface area contributed by atoms with Crippen LogP contribution in [0.1, 0.15) is 35.7 Å². The predicted molar refractivity (Wildman–Crippen MR) is 114 cm³/mol. The highest BCUT2D eigenvalue weighted by Crippen LogP contribution is 2.29. The number of rotatable bonds is 6. The highest BCUT2D eigenvalue weighted by atomic mass is 32.2. The molecule has 2 aromatic carbocycles. The third-order valence-electron chi connectivity index (χ3n) is 5.04. The molecule has 0 saturated carbocycles. The summed E-state index contributed by atoms with van der Waals surface area (Å²) in [5, 5.41) is 2.73. The zero-order valence-electron chi connectivity index (χ0n) is 17.0. The van der Waals surface area contributed by atoms with Gasteiger partial charge in [-0.15, -0.1) is 0 Å². The Balaban J connectivity index is 2.16. The number of nitrogens with zero attached hydrogens (tertiary/aromatic N) is 2. The van der Waals surface area contributed by atoms with Crippen LogP contribution in [0.25, 0.3) is 11.0 Å². The van der Waals surface area contributed by atoms with Crippen molar-refractivity contribution in [3.63, 3.8) is 0 Å². The van der Waals surface area contributed by atoms with Gasteiger partial charge in [0.2, 0.25) is 0 Å². The van der Waals surface area contributed by atoms with Gasteiger partial charge in [-0.05, 0) is 37.6 Å². The lowest BCUT2D eigenvalue weighted by Crippen LogP contribution is -2.19. The van der Waals surface area contributed by atoms with Crippen LogP contribution >= 0.6 is 0 Å². The smallest absolute Gasteiger partial charge is 0.321 e. The summed E-state index contributed by atoms with van der Waals surface area (Å²) in [5.74, 6) is -0.430. The fourth-order valence-electron chi connectivity index (χ4n) is 3.22. The van der Waals surface area contributed by atoms with Crippen LogP contribution in [-0.4, -0.2) is 29.2 Å². The van der Waals surface area contributed by atoms with E-state index >= 15 is 0 Å². The van der Waals surface area contributed by atoms with E-state index in [1.54, 1.807) is 32.3 Å². The second kappa shape index (κ2) is 7.87.